The lowest BCUT2D eigenvalue weighted by atomic mass is 10.1. The molecule has 0 aliphatic carbocycles. The Balaban J connectivity index is 1.58. The van der Waals surface area contributed by atoms with E-state index in [9.17, 15) is 9.18 Å². The Labute approximate surface area is 163 Å². The van der Waals surface area contributed by atoms with Crippen LogP contribution in [0.5, 0.6) is 0 Å². The summed E-state index contributed by atoms with van der Waals surface area (Å²) in [5.74, 6) is -0.730. The number of pyridine rings is 1. The Morgan fingerprint density at radius 3 is 2.61 bits per heavy atom. The Hall–Kier alpha value is -3.52. The van der Waals surface area contributed by atoms with E-state index in [-0.39, 0.29) is 11.8 Å². The molecule has 0 aliphatic rings. The fourth-order valence-electron chi connectivity index (χ4n) is 2.51. The highest BCUT2D eigenvalue weighted by Crippen LogP contribution is 2.26. The molecule has 0 fully saturated rings. The SMILES string of the molecule is Cc1nc(-c2ccc(F)cc2)c(C(=O)Nc2nc(-c3ccc(Cl)cn3)co2)o1. The third kappa shape index (κ3) is 3.63. The van der Waals surface area contributed by atoms with Gasteiger partial charge in [0.15, 0.2) is 5.89 Å². The van der Waals surface area contributed by atoms with E-state index in [1.54, 1.807) is 19.1 Å². The minimum Gasteiger partial charge on any atom is -0.435 e. The number of amides is 1. The summed E-state index contributed by atoms with van der Waals surface area (Å²) in [6.07, 6.45) is 2.84. The highest BCUT2D eigenvalue weighted by atomic mass is 35.5. The normalized spacial score (nSPS) is 10.8. The van der Waals surface area contributed by atoms with E-state index in [0.717, 1.165) is 0 Å². The van der Waals surface area contributed by atoms with Crippen molar-refractivity contribution in [3.8, 4) is 22.6 Å². The summed E-state index contributed by atoms with van der Waals surface area (Å²) >= 11 is 5.82. The highest BCUT2D eigenvalue weighted by molar-refractivity contribution is 6.30. The van der Waals surface area contributed by atoms with Crippen LogP contribution < -0.4 is 5.32 Å². The third-order valence-corrected chi connectivity index (χ3v) is 4.00. The van der Waals surface area contributed by atoms with Crippen molar-refractivity contribution < 1.29 is 18.0 Å². The number of carbonyl (C=O) groups is 1. The first-order chi connectivity index (χ1) is 13.5. The van der Waals surface area contributed by atoms with Gasteiger partial charge in [-0.2, -0.15) is 4.98 Å². The molecule has 0 radical (unpaired) electrons. The molecule has 0 bridgehead atoms. The number of rotatable bonds is 4. The quantitative estimate of drug-likeness (QED) is 0.533. The number of halogens is 2. The number of anilines is 1. The average molecular weight is 399 g/mol. The lowest BCUT2D eigenvalue weighted by Crippen LogP contribution is -2.12. The van der Waals surface area contributed by atoms with Crippen molar-refractivity contribution in [2.75, 3.05) is 5.32 Å². The van der Waals surface area contributed by atoms with Gasteiger partial charge in [-0.25, -0.2) is 9.37 Å². The molecule has 9 heteroatoms. The molecule has 0 unspecified atom stereocenters. The Bertz CT molecular complexity index is 1140. The molecule has 1 amide bonds. The molecule has 4 aromatic rings. The van der Waals surface area contributed by atoms with Crippen molar-refractivity contribution >= 4 is 23.5 Å². The molecule has 1 aromatic carbocycles. The van der Waals surface area contributed by atoms with Crippen molar-refractivity contribution in [2.24, 2.45) is 0 Å². The summed E-state index contributed by atoms with van der Waals surface area (Å²) in [6, 6.07) is 8.90. The first-order valence-electron chi connectivity index (χ1n) is 8.12. The zero-order valence-corrected chi connectivity index (χ0v) is 15.2. The van der Waals surface area contributed by atoms with Crippen LogP contribution in [-0.4, -0.2) is 20.9 Å². The predicted octanol–water partition coefficient (Wildman–Crippen LogP) is 4.74. The van der Waals surface area contributed by atoms with Crippen LogP contribution >= 0.6 is 11.6 Å². The van der Waals surface area contributed by atoms with E-state index in [1.165, 1.54) is 36.7 Å². The molecule has 4 rings (SSSR count). The number of hydrogen-bond donors (Lipinski definition) is 1. The van der Waals surface area contributed by atoms with Gasteiger partial charge in [-0.05, 0) is 36.4 Å². The van der Waals surface area contributed by atoms with Gasteiger partial charge >= 0.3 is 6.01 Å². The topological polar surface area (TPSA) is 94.1 Å². The predicted molar refractivity (Wildman–Crippen MR) is 99.3 cm³/mol. The number of carbonyl (C=O) groups excluding carboxylic acids is 1. The number of benzene rings is 1. The molecule has 0 aliphatic heterocycles. The summed E-state index contributed by atoms with van der Waals surface area (Å²) in [7, 11) is 0. The van der Waals surface area contributed by atoms with Crippen LogP contribution in [0.4, 0.5) is 10.4 Å². The lowest BCUT2D eigenvalue weighted by Gasteiger charge is -2.01. The summed E-state index contributed by atoms with van der Waals surface area (Å²) < 4.78 is 23.9. The van der Waals surface area contributed by atoms with Crippen LogP contribution in [0, 0.1) is 12.7 Å². The zero-order chi connectivity index (χ0) is 19.7. The van der Waals surface area contributed by atoms with E-state index in [0.29, 0.717) is 33.6 Å². The first kappa shape index (κ1) is 17.9. The van der Waals surface area contributed by atoms with Gasteiger partial charge in [-0.3, -0.25) is 15.1 Å². The molecule has 7 nitrogen and oxygen atoms in total. The molecule has 140 valence electrons. The molecular formula is C19H12ClFN4O3. The number of nitrogens with zero attached hydrogens (tertiary/aromatic N) is 3. The standard InChI is InChI=1S/C19H12ClFN4O3/c1-10-23-16(11-2-5-13(21)6-3-11)17(28-10)18(26)25-19-24-15(9-27-19)14-7-4-12(20)8-22-14/h2-9H,1H3,(H,24,25,26). The van der Waals surface area contributed by atoms with E-state index < -0.39 is 11.7 Å². The first-order valence-corrected chi connectivity index (χ1v) is 8.49. The van der Waals surface area contributed by atoms with E-state index in [1.807, 2.05) is 0 Å². The summed E-state index contributed by atoms with van der Waals surface area (Å²) in [5, 5.41) is 3.01. The van der Waals surface area contributed by atoms with Crippen molar-refractivity contribution in [1.82, 2.24) is 15.0 Å². The monoisotopic (exact) mass is 398 g/mol. The maximum atomic E-state index is 13.2. The van der Waals surface area contributed by atoms with Crippen molar-refractivity contribution in [3.63, 3.8) is 0 Å². The van der Waals surface area contributed by atoms with E-state index in [2.05, 4.69) is 20.3 Å². The minimum absolute atomic E-state index is 0.0316. The van der Waals surface area contributed by atoms with Crippen LogP contribution in [0.1, 0.15) is 16.4 Å². The largest absolute Gasteiger partial charge is 0.435 e. The Kier molecular flexibility index (Phi) is 4.62. The second kappa shape index (κ2) is 7.24. The van der Waals surface area contributed by atoms with Crippen molar-refractivity contribution in [3.05, 3.63) is 71.3 Å². The molecule has 28 heavy (non-hydrogen) atoms. The van der Waals surface area contributed by atoms with Gasteiger partial charge in [-0.1, -0.05) is 11.6 Å². The maximum absolute atomic E-state index is 13.2. The fourth-order valence-corrected chi connectivity index (χ4v) is 2.63. The lowest BCUT2D eigenvalue weighted by molar-refractivity contribution is 0.0993. The van der Waals surface area contributed by atoms with E-state index in [4.69, 9.17) is 20.4 Å². The number of aryl methyl sites for hydroxylation is 1. The van der Waals surface area contributed by atoms with E-state index >= 15 is 0 Å². The van der Waals surface area contributed by atoms with Crippen molar-refractivity contribution in [1.29, 1.82) is 0 Å². The maximum Gasteiger partial charge on any atom is 0.302 e. The Morgan fingerprint density at radius 2 is 1.89 bits per heavy atom. The Morgan fingerprint density at radius 1 is 1.11 bits per heavy atom. The summed E-state index contributed by atoms with van der Waals surface area (Å²) in [4.78, 5) is 25.2. The molecule has 3 heterocycles. The summed E-state index contributed by atoms with van der Waals surface area (Å²) in [6.45, 7) is 1.61. The number of oxazole rings is 2. The number of nitrogens with one attached hydrogen (secondary N) is 1. The smallest absolute Gasteiger partial charge is 0.302 e. The van der Waals surface area contributed by atoms with Gasteiger partial charge in [0, 0.05) is 18.7 Å². The van der Waals surface area contributed by atoms with Crippen molar-refractivity contribution in [2.45, 2.75) is 6.92 Å². The summed E-state index contributed by atoms with van der Waals surface area (Å²) in [5.41, 5.74) is 1.80. The van der Waals surface area contributed by atoms with Gasteiger partial charge in [-0.15, -0.1) is 0 Å². The van der Waals surface area contributed by atoms with Crippen LogP contribution in [0.3, 0.4) is 0 Å². The highest BCUT2D eigenvalue weighted by Gasteiger charge is 2.22. The number of aromatic nitrogens is 3. The van der Waals surface area contributed by atoms with Gasteiger partial charge < -0.3 is 8.83 Å². The molecule has 3 aromatic heterocycles. The fraction of sp³-hybridized carbons (Fsp3) is 0.0526. The second-order valence-electron chi connectivity index (χ2n) is 5.77. The molecule has 0 atom stereocenters. The molecular weight excluding hydrogens is 387 g/mol. The third-order valence-electron chi connectivity index (χ3n) is 3.77. The van der Waals surface area contributed by atoms with Crippen LogP contribution in [0.2, 0.25) is 5.02 Å². The van der Waals surface area contributed by atoms with Crippen LogP contribution in [-0.2, 0) is 0 Å². The van der Waals surface area contributed by atoms with Gasteiger partial charge in [0.2, 0.25) is 5.76 Å². The van der Waals surface area contributed by atoms with Crippen LogP contribution in [0.25, 0.3) is 22.6 Å². The van der Waals surface area contributed by atoms with Gasteiger partial charge in [0.25, 0.3) is 5.91 Å². The van der Waals surface area contributed by atoms with Gasteiger partial charge in [0.1, 0.15) is 23.5 Å². The van der Waals surface area contributed by atoms with Gasteiger partial charge in [0.05, 0.1) is 10.7 Å². The molecule has 0 spiro atoms. The molecule has 1 N–H and O–H groups in total. The molecule has 0 saturated carbocycles. The zero-order valence-electron chi connectivity index (χ0n) is 14.4. The molecule has 0 saturated heterocycles. The second-order valence-corrected chi connectivity index (χ2v) is 6.21. The average Bonchev–Trinajstić information content (AvgIpc) is 3.30. The number of hydrogen-bond acceptors (Lipinski definition) is 6. The van der Waals surface area contributed by atoms with Crippen LogP contribution in [0.15, 0.2) is 57.7 Å². The minimum atomic E-state index is -0.600.